The van der Waals surface area contributed by atoms with Gasteiger partial charge in [0.15, 0.2) is 0 Å². The quantitative estimate of drug-likeness (QED) is 0.777. The predicted octanol–water partition coefficient (Wildman–Crippen LogP) is 2.90. The van der Waals surface area contributed by atoms with Crippen molar-refractivity contribution in [2.24, 2.45) is 5.92 Å². The molecular formula is C22H29F2N3O2. The van der Waals surface area contributed by atoms with Gasteiger partial charge in [0.1, 0.15) is 17.2 Å². The van der Waals surface area contributed by atoms with Crippen molar-refractivity contribution in [2.75, 3.05) is 39.3 Å². The number of amides is 2. The maximum atomic E-state index is 13.9. The molecule has 0 aromatic heterocycles. The van der Waals surface area contributed by atoms with Crippen LogP contribution in [-0.2, 0) is 4.79 Å². The molecule has 0 radical (unpaired) electrons. The maximum absolute atomic E-state index is 13.9. The van der Waals surface area contributed by atoms with E-state index in [1.54, 1.807) is 4.90 Å². The Bertz CT molecular complexity index is 730. The second kappa shape index (κ2) is 8.78. The molecule has 0 spiro atoms. The van der Waals surface area contributed by atoms with Gasteiger partial charge in [-0.1, -0.05) is 6.07 Å². The third-order valence-corrected chi connectivity index (χ3v) is 6.74. The van der Waals surface area contributed by atoms with Gasteiger partial charge < -0.3 is 14.7 Å². The number of carbonyl (C=O) groups is 2. The highest BCUT2D eigenvalue weighted by atomic mass is 19.1. The van der Waals surface area contributed by atoms with Crippen LogP contribution in [0.3, 0.4) is 0 Å². The first-order valence-corrected chi connectivity index (χ1v) is 10.8. The Morgan fingerprint density at radius 2 is 1.38 bits per heavy atom. The highest BCUT2D eigenvalue weighted by Crippen LogP contribution is 2.27. The first kappa shape index (κ1) is 20.3. The number of nitrogens with zero attached hydrogens (tertiary/aromatic N) is 3. The van der Waals surface area contributed by atoms with Crippen LogP contribution in [0.25, 0.3) is 0 Å². The molecule has 29 heavy (non-hydrogen) atoms. The second-order valence-corrected chi connectivity index (χ2v) is 8.46. The van der Waals surface area contributed by atoms with E-state index >= 15 is 0 Å². The molecule has 1 aromatic carbocycles. The van der Waals surface area contributed by atoms with Gasteiger partial charge in [0.2, 0.25) is 5.91 Å². The number of halogens is 2. The average Bonchev–Trinajstić information content (AvgIpc) is 3.28. The smallest absolute Gasteiger partial charge is 0.259 e. The van der Waals surface area contributed by atoms with E-state index in [0.717, 1.165) is 76.8 Å². The molecule has 0 N–H and O–H groups in total. The molecule has 0 bridgehead atoms. The molecule has 7 heteroatoms. The van der Waals surface area contributed by atoms with Gasteiger partial charge in [-0.25, -0.2) is 8.78 Å². The van der Waals surface area contributed by atoms with Gasteiger partial charge in [0.25, 0.3) is 5.91 Å². The summed E-state index contributed by atoms with van der Waals surface area (Å²) in [4.78, 5) is 31.2. The fourth-order valence-electron chi connectivity index (χ4n) is 5.00. The third-order valence-electron chi connectivity index (χ3n) is 6.74. The highest BCUT2D eigenvalue weighted by molar-refractivity contribution is 5.94. The van der Waals surface area contributed by atoms with Crippen LogP contribution in [0.5, 0.6) is 0 Å². The minimum atomic E-state index is -0.804. The highest BCUT2D eigenvalue weighted by Gasteiger charge is 2.34. The van der Waals surface area contributed by atoms with Crippen LogP contribution in [0.1, 0.15) is 48.9 Å². The lowest BCUT2D eigenvalue weighted by molar-refractivity contribution is -0.136. The molecule has 158 valence electrons. The lowest BCUT2D eigenvalue weighted by Crippen LogP contribution is -2.50. The number of piperidine rings is 2. The Labute approximate surface area is 170 Å². The first-order chi connectivity index (χ1) is 14.0. The van der Waals surface area contributed by atoms with E-state index in [1.807, 2.05) is 4.90 Å². The molecule has 0 unspecified atom stereocenters. The van der Waals surface area contributed by atoms with Crippen LogP contribution in [-0.4, -0.2) is 71.8 Å². The summed E-state index contributed by atoms with van der Waals surface area (Å²) >= 11 is 0. The fourth-order valence-corrected chi connectivity index (χ4v) is 5.00. The number of likely N-dealkylation sites (tertiary alicyclic amines) is 3. The molecule has 5 nitrogen and oxygen atoms in total. The first-order valence-electron chi connectivity index (χ1n) is 10.8. The molecule has 3 aliphatic rings. The Kier molecular flexibility index (Phi) is 6.13. The maximum Gasteiger partial charge on any atom is 0.259 e. The SMILES string of the molecule is O=C(c1c(F)cccc1F)N1CCC(N2CCC(C(=O)N3CCCC3)CC2)CC1. The topological polar surface area (TPSA) is 43.9 Å². The van der Waals surface area contributed by atoms with Gasteiger partial charge in [-0.2, -0.15) is 0 Å². The lowest BCUT2D eigenvalue weighted by atomic mass is 9.92. The average molecular weight is 405 g/mol. The molecule has 3 fully saturated rings. The third kappa shape index (κ3) is 4.29. The molecule has 3 saturated heterocycles. The summed E-state index contributed by atoms with van der Waals surface area (Å²) in [7, 11) is 0. The number of rotatable bonds is 3. The van der Waals surface area contributed by atoms with Crippen LogP contribution >= 0.6 is 0 Å². The molecule has 3 aliphatic heterocycles. The number of hydrogen-bond acceptors (Lipinski definition) is 3. The van der Waals surface area contributed by atoms with Crippen molar-refractivity contribution < 1.29 is 18.4 Å². The molecular weight excluding hydrogens is 376 g/mol. The van der Waals surface area contributed by atoms with Gasteiger partial charge in [0.05, 0.1) is 0 Å². The van der Waals surface area contributed by atoms with Crippen molar-refractivity contribution in [1.82, 2.24) is 14.7 Å². The predicted molar refractivity (Wildman–Crippen MR) is 105 cm³/mol. The monoisotopic (exact) mass is 405 g/mol. The number of hydrogen-bond donors (Lipinski definition) is 0. The van der Waals surface area contributed by atoms with Crippen molar-refractivity contribution in [3.05, 3.63) is 35.4 Å². The number of carbonyl (C=O) groups excluding carboxylic acids is 2. The van der Waals surface area contributed by atoms with Crippen LogP contribution in [0.2, 0.25) is 0 Å². The summed E-state index contributed by atoms with van der Waals surface area (Å²) in [5.41, 5.74) is -0.452. The summed E-state index contributed by atoms with van der Waals surface area (Å²) in [5, 5.41) is 0. The van der Waals surface area contributed by atoms with Gasteiger partial charge in [-0.15, -0.1) is 0 Å². The van der Waals surface area contributed by atoms with Crippen LogP contribution in [0, 0.1) is 17.6 Å². The van der Waals surface area contributed by atoms with Gasteiger partial charge >= 0.3 is 0 Å². The molecule has 3 heterocycles. The second-order valence-electron chi connectivity index (χ2n) is 8.46. The zero-order valence-corrected chi connectivity index (χ0v) is 16.8. The van der Waals surface area contributed by atoms with Crippen LogP contribution < -0.4 is 0 Å². The largest absolute Gasteiger partial charge is 0.342 e. The standard InChI is InChI=1S/C22H29F2N3O2/c23-18-4-3-5-19(24)20(18)22(29)27-14-8-17(9-15-27)25-12-6-16(7-13-25)21(28)26-10-1-2-11-26/h3-5,16-17H,1-2,6-15H2. The van der Waals surface area contributed by atoms with E-state index in [9.17, 15) is 18.4 Å². The summed E-state index contributed by atoms with van der Waals surface area (Å²) in [6.45, 7) is 4.64. The molecule has 2 amide bonds. The zero-order valence-electron chi connectivity index (χ0n) is 16.8. The minimum absolute atomic E-state index is 0.148. The Balaban J connectivity index is 1.27. The Morgan fingerprint density at radius 3 is 1.97 bits per heavy atom. The van der Waals surface area contributed by atoms with Crippen LogP contribution in [0.4, 0.5) is 8.78 Å². The molecule has 0 atom stereocenters. The zero-order chi connectivity index (χ0) is 20.4. The lowest BCUT2D eigenvalue weighted by Gasteiger charge is -2.42. The van der Waals surface area contributed by atoms with Crippen LogP contribution in [0.15, 0.2) is 18.2 Å². The van der Waals surface area contributed by atoms with E-state index in [4.69, 9.17) is 0 Å². The van der Waals surface area contributed by atoms with E-state index in [1.165, 1.54) is 6.07 Å². The molecule has 1 aromatic rings. The van der Waals surface area contributed by atoms with Crippen molar-refractivity contribution in [3.63, 3.8) is 0 Å². The minimum Gasteiger partial charge on any atom is -0.342 e. The fraction of sp³-hybridized carbons (Fsp3) is 0.636. The summed E-state index contributed by atoms with van der Waals surface area (Å²) in [5.74, 6) is -1.69. The van der Waals surface area contributed by atoms with Crippen molar-refractivity contribution in [2.45, 2.75) is 44.6 Å². The van der Waals surface area contributed by atoms with Crippen molar-refractivity contribution in [1.29, 1.82) is 0 Å². The van der Waals surface area contributed by atoms with E-state index in [2.05, 4.69) is 4.90 Å². The van der Waals surface area contributed by atoms with Gasteiger partial charge in [0, 0.05) is 38.1 Å². The van der Waals surface area contributed by atoms with E-state index in [0.29, 0.717) is 25.0 Å². The summed E-state index contributed by atoms with van der Waals surface area (Å²) in [6.07, 6.45) is 5.64. The Hall–Kier alpha value is -2.02. The number of benzene rings is 1. The molecule has 0 saturated carbocycles. The molecule has 4 rings (SSSR count). The summed E-state index contributed by atoms with van der Waals surface area (Å²) < 4.78 is 27.8. The van der Waals surface area contributed by atoms with E-state index in [-0.39, 0.29) is 5.92 Å². The molecule has 0 aliphatic carbocycles. The normalized spacial score (nSPS) is 22.3. The van der Waals surface area contributed by atoms with Crippen molar-refractivity contribution in [3.8, 4) is 0 Å². The van der Waals surface area contributed by atoms with Gasteiger partial charge in [-0.3, -0.25) is 9.59 Å². The van der Waals surface area contributed by atoms with Crippen molar-refractivity contribution >= 4 is 11.8 Å². The summed E-state index contributed by atoms with van der Waals surface area (Å²) in [6, 6.07) is 3.88. The van der Waals surface area contributed by atoms with E-state index < -0.39 is 23.1 Å². The Morgan fingerprint density at radius 1 is 0.793 bits per heavy atom. The van der Waals surface area contributed by atoms with Gasteiger partial charge in [-0.05, 0) is 63.7 Å².